The largest absolute Gasteiger partial charge is 0.444 e. The van der Waals surface area contributed by atoms with Gasteiger partial charge in [0.25, 0.3) is 0 Å². The third-order valence-corrected chi connectivity index (χ3v) is 3.76. The van der Waals surface area contributed by atoms with Crippen molar-refractivity contribution < 1.29 is 9.53 Å². The third kappa shape index (κ3) is 4.72. The Kier molecular flexibility index (Phi) is 5.10. The number of piperidine rings is 1. The maximum atomic E-state index is 12.2. The van der Waals surface area contributed by atoms with Crippen LogP contribution in [0.2, 0.25) is 0 Å². The van der Waals surface area contributed by atoms with Gasteiger partial charge in [0.15, 0.2) is 0 Å². The number of carbonyl (C=O) groups is 1. The number of aromatic nitrogens is 2. The first-order chi connectivity index (χ1) is 10.2. The molecule has 1 aliphatic rings. The van der Waals surface area contributed by atoms with E-state index >= 15 is 0 Å². The van der Waals surface area contributed by atoms with Crippen LogP contribution in [0.25, 0.3) is 0 Å². The molecule has 122 valence electrons. The van der Waals surface area contributed by atoms with Crippen molar-refractivity contribution in [3.63, 3.8) is 0 Å². The number of carbonyl (C=O) groups excluding carboxylic acids is 1. The van der Waals surface area contributed by atoms with Crippen LogP contribution in [0.15, 0.2) is 10.7 Å². The summed E-state index contributed by atoms with van der Waals surface area (Å²) in [6.45, 7) is 6.88. The van der Waals surface area contributed by atoms with Gasteiger partial charge in [0.2, 0.25) is 5.95 Å². The second-order valence-electron chi connectivity index (χ2n) is 6.33. The zero-order valence-electron chi connectivity index (χ0n) is 13.1. The zero-order chi connectivity index (χ0) is 16.3. The van der Waals surface area contributed by atoms with Crippen LogP contribution in [0.3, 0.4) is 0 Å². The predicted molar refractivity (Wildman–Crippen MR) is 88.6 cm³/mol. The molecule has 1 aliphatic heterocycles. The highest BCUT2D eigenvalue weighted by Gasteiger charge is 2.28. The van der Waals surface area contributed by atoms with Gasteiger partial charge in [0.05, 0.1) is 4.47 Å². The fourth-order valence-corrected chi connectivity index (χ4v) is 2.57. The molecule has 1 aromatic rings. The van der Waals surface area contributed by atoms with Gasteiger partial charge in [-0.2, -0.15) is 4.98 Å². The van der Waals surface area contributed by atoms with Crippen molar-refractivity contribution in [1.29, 1.82) is 0 Å². The van der Waals surface area contributed by atoms with Crippen LogP contribution in [-0.4, -0.2) is 45.7 Å². The van der Waals surface area contributed by atoms with Gasteiger partial charge >= 0.3 is 6.09 Å². The van der Waals surface area contributed by atoms with Gasteiger partial charge in [-0.15, -0.1) is 0 Å². The molecule has 0 unspecified atom stereocenters. The van der Waals surface area contributed by atoms with Crippen LogP contribution in [0.5, 0.6) is 0 Å². The van der Waals surface area contributed by atoms with Gasteiger partial charge in [-0.1, -0.05) is 0 Å². The van der Waals surface area contributed by atoms with Crippen molar-refractivity contribution in [2.75, 3.05) is 24.1 Å². The number of likely N-dealkylation sites (tertiary alicyclic amines) is 1. The summed E-state index contributed by atoms with van der Waals surface area (Å²) in [4.78, 5) is 22.0. The lowest BCUT2D eigenvalue weighted by atomic mass is 10.1. The number of rotatable bonds is 2. The highest BCUT2D eigenvalue weighted by atomic mass is 79.9. The van der Waals surface area contributed by atoms with E-state index in [0.29, 0.717) is 18.9 Å². The summed E-state index contributed by atoms with van der Waals surface area (Å²) in [5.41, 5.74) is 5.13. The first kappa shape index (κ1) is 16.8. The molecule has 0 aliphatic carbocycles. The van der Waals surface area contributed by atoms with Gasteiger partial charge < -0.3 is 20.7 Å². The van der Waals surface area contributed by atoms with E-state index in [1.54, 1.807) is 11.1 Å². The molecule has 0 radical (unpaired) electrons. The van der Waals surface area contributed by atoms with Crippen LogP contribution in [0.4, 0.5) is 16.6 Å². The second kappa shape index (κ2) is 6.68. The van der Waals surface area contributed by atoms with Crippen LogP contribution in [-0.2, 0) is 4.74 Å². The summed E-state index contributed by atoms with van der Waals surface area (Å²) < 4.78 is 6.17. The number of hydrogen-bond donors (Lipinski definition) is 2. The summed E-state index contributed by atoms with van der Waals surface area (Å²) in [5.74, 6) is 0.856. The van der Waals surface area contributed by atoms with Crippen LogP contribution < -0.4 is 11.1 Å². The molecule has 2 rings (SSSR count). The van der Waals surface area contributed by atoms with E-state index in [-0.39, 0.29) is 18.1 Å². The summed E-state index contributed by atoms with van der Waals surface area (Å²) in [5, 5.41) is 3.31. The first-order valence-corrected chi connectivity index (χ1v) is 8.06. The molecule has 1 atom stereocenters. The molecule has 0 bridgehead atoms. The molecule has 8 heteroatoms. The quantitative estimate of drug-likeness (QED) is 0.829. The Hall–Kier alpha value is -1.57. The molecule has 1 fully saturated rings. The minimum atomic E-state index is -0.485. The minimum absolute atomic E-state index is 0.104. The van der Waals surface area contributed by atoms with Gasteiger partial charge in [-0.05, 0) is 49.5 Å². The molecule has 1 aromatic heterocycles. The lowest BCUT2D eigenvalue weighted by Crippen LogP contribution is -2.47. The summed E-state index contributed by atoms with van der Waals surface area (Å²) in [6.07, 6.45) is 3.20. The molecule has 0 saturated carbocycles. The summed E-state index contributed by atoms with van der Waals surface area (Å²) >= 11 is 3.39. The standard InChI is InChI=1S/C14H22BrN5O2/c1-14(2,3)22-13(21)20-6-4-5-9(8-20)18-11-10(15)7-17-12(16)19-11/h7,9H,4-6,8H2,1-3H3,(H3,16,17,18,19)/t9-/m0/s1. The number of halogens is 1. The molecule has 1 amide bonds. The van der Waals surface area contributed by atoms with E-state index in [0.717, 1.165) is 17.3 Å². The number of nitrogens with two attached hydrogens (primary N) is 1. The molecule has 3 N–H and O–H groups in total. The highest BCUT2D eigenvalue weighted by molar-refractivity contribution is 9.10. The maximum absolute atomic E-state index is 12.2. The Morgan fingerprint density at radius 2 is 2.27 bits per heavy atom. The fraction of sp³-hybridized carbons (Fsp3) is 0.643. The Labute approximate surface area is 138 Å². The van der Waals surface area contributed by atoms with Gasteiger partial charge in [-0.3, -0.25) is 0 Å². The Balaban J connectivity index is 1.98. The Bertz CT molecular complexity index is 547. The van der Waals surface area contributed by atoms with Crippen molar-refractivity contribution in [2.24, 2.45) is 0 Å². The fourth-order valence-electron chi connectivity index (χ4n) is 2.26. The third-order valence-electron chi connectivity index (χ3n) is 3.18. The average Bonchev–Trinajstić information content (AvgIpc) is 2.41. The molecule has 1 saturated heterocycles. The molecule has 0 spiro atoms. The Morgan fingerprint density at radius 3 is 2.95 bits per heavy atom. The summed E-state index contributed by atoms with van der Waals surface area (Å²) in [6, 6.07) is 0.104. The number of nitrogens with one attached hydrogen (secondary N) is 1. The van der Waals surface area contributed by atoms with Crippen LogP contribution in [0.1, 0.15) is 33.6 Å². The molecule has 2 heterocycles. The van der Waals surface area contributed by atoms with Crippen LogP contribution >= 0.6 is 15.9 Å². The van der Waals surface area contributed by atoms with Crippen molar-refractivity contribution in [2.45, 2.75) is 45.3 Å². The number of amides is 1. The minimum Gasteiger partial charge on any atom is -0.444 e. The smallest absolute Gasteiger partial charge is 0.410 e. The molecule has 22 heavy (non-hydrogen) atoms. The number of nitrogen functional groups attached to an aromatic ring is 1. The van der Waals surface area contributed by atoms with Crippen molar-refractivity contribution in [1.82, 2.24) is 14.9 Å². The normalized spacial score (nSPS) is 18.9. The molecular formula is C14H22BrN5O2. The number of nitrogens with zero attached hydrogens (tertiary/aromatic N) is 3. The second-order valence-corrected chi connectivity index (χ2v) is 7.19. The molecular weight excluding hydrogens is 350 g/mol. The van der Waals surface area contributed by atoms with E-state index in [4.69, 9.17) is 10.5 Å². The lowest BCUT2D eigenvalue weighted by Gasteiger charge is -2.34. The zero-order valence-corrected chi connectivity index (χ0v) is 14.7. The number of ether oxygens (including phenoxy) is 1. The van der Waals surface area contributed by atoms with Gasteiger partial charge in [0, 0.05) is 25.3 Å². The van der Waals surface area contributed by atoms with Gasteiger partial charge in [-0.25, -0.2) is 9.78 Å². The van der Waals surface area contributed by atoms with E-state index < -0.39 is 5.60 Å². The SMILES string of the molecule is CC(C)(C)OC(=O)N1CCC[C@H](Nc2nc(N)ncc2Br)C1. The van der Waals surface area contributed by atoms with E-state index in [1.165, 1.54) is 0 Å². The average molecular weight is 372 g/mol. The van der Waals surface area contributed by atoms with E-state index in [1.807, 2.05) is 20.8 Å². The van der Waals surface area contributed by atoms with Crippen molar-refractivity contribution in [3.05, 3.63) is 10.7 Å². The Morgan fingerprint density at radius 1 is 1.55 bits per heavy atom. The summed E-state index contributed by atoms with van der Waals surface area (Å²) in [7, 11) is 0. The highest BCUT2D eigenvalue weighted by Crippen LogP contribution is 2.23. The van der Waals surface area contributed by atoms with Crippen molar-refractivity contribution in [3.8, 4) is 0 Å². The van der Waals surface area contributed by atoms with Crippen LogP contribution in [0, 0.1) is 0 Å². The molecule has 7 nitrogen and oxygen atoms in total. The van der Waals surface area contributed by atoms with Crippen molar-refractivity contribution >= 4 is 33.8 Å². The topological polar surface area (TPSA) is 93.4 Å². The number of hydrogen-bond acceptors (Lipinski definition) is 6. The number of anilines is 2. The van der Waals surface area contributed by atoms with E-state index in [9.17, 15) is 4.79 Å². The van der Waals surface area contributed by atoms with E-state index in [2.05, 4.69) is 31.2 Å². The monoisotopic (exact) mass is 371 g/mol. The maximum Gasteiger partial charge on any atom is 0.410 e. The first-order valence-electron chi connectivity index (χ1n) is 7.27. The van der Waals surface area contributed by atoms with Gasteiger partial charge in [0.1, 0.15) is 11.4 Å². The predicted octanol–water partition coefficient (Wildman–Crippen LogP) is 2.63. The lowest BCUT2D eigenvalue weighted by molar-refractivity contribution is 0.0206. The molecule has 0 aromatic carbocycles.